The molecule has 5 heteroatoms. The SMILES string of the molecule is CC1=CCC[C@@]2(C)O[C@@H]2[C@H]2OC(=O)[C@@H](CN3CCC(F)CC3)[C@@H]2CC1. The van der Waals surface area contributed by atoms with Crippen LogP contribution in [0.3, 0.4) is 0 Å². The van der Waals surface area contributed by atoms with E-state index in [2.05, 4.69) is 24.8 Å². The maximum absolute atomic E-state index is 13.4. The number of ether oxygens (including phenoxy) is 2. The Morgan fingerprint density at radius 2 is 2.08 bits per heavy atom. The molecule has 0 N–H and O–H groups in total. The molecule has 3 heterocycles. The maximum Gasteiger partial charge on any atom is 0.311 e. The molecule has 5 atom stereocenters. The van der Waals surface area contributed by atoms with Crippen molar-refractivity contribution < 1.29 is 18.7 Å². The van der Waals surface area contributed by atoms with Crippen LogP contribution in [-0.4, -0.2) is 54.5 Å². The van der Waals surface area contributed by atoms with Crippen molar-refractivity contribution in [1.82, 2.24) is 4.90 Å². The quantitative estimate of drug-likeness (QED) is 0.435. The van der Waals surface area contributed by atoms with Crippen LogP contribution in [0, 0.1) is 11.8 Å². The number of carbonyl (C=O) groups is 1. The molecule has 140 valence electrons. The Morgan fingerprint density at radius 1 is 1.32 bits per heavy atom. The van der Waals surface area contributed by atoms with Gasteiger partial charge in [-0.2, -0.15) is 0 Å². The van der Waals surface area contributed by atoms with Gasteiger partial charge in [0.2, 0.25) is 0 Å². The normalized spacial score (nSPS) is 43.0. The number of hydrogen-bond acceptors (Lipinski definition) is 4. The summed E-state index contributed by atoms with van der Waals surface area (Å²) in [4.78, 5) is 14.9. The van der Waals surface area contributed by atoms with Gasteiger partial charge < -0.3 is 14.4 Å². The van der Waals surface area contributed by atoms with E-state index in [0.29, 0.717) is 19.4 Å². The fraction of sp³-hybridized carbons (Fsp3) is 0.850. The molecule has 0 bridgehead atoms. The van der Waals surface area contributed by atoms with Gasteiger partial charge in [0, 0.05) is 25.6 Å². The first-order valence-corrected chi connectivity index (χ1v) is 9.87. The summed E-state index contributed by atoms with van der Waals surface area (Å²) in [6.07, 6.45) is 6.77. The number of likely N-dealkylation sites (tertiary alicyclic amines) is 1. The molecule has 4 aliphatic rings. The minimum atomic E-state index is -0.679. The van der Waals surface area contributed by atoms with Crippen LogP contribution in [0.2, 0.25) is 0 Å². The summed E-state index contributed by atoms with van der Waals surface area (Å²) in [6.45, 7) is 6.53. The van der Waals surface area contributed by atoms with Crippen molar-refractivity contribution in [3.8, 4) is 0 Å². The summed E-state index contributed by atoms with van der Waals surface area (Å²) in [7, 11) is 0. The highest BCUT2D eigenvalue weighted by atomic mass is 19.1. The summed E-state index contributed by atoms with van der Waals surface area (Å²) >= 11 is 0. The molecule has 3 aliphatic heterocycles. The van der Waals surface area contributed by atoms with Gasteiger partial charge in [-0.15, -0.1) is 0 Å². The number of rotatable bonds is 2. The number of fused-ring (bicyclic) bond motifs is 3. The average Bonchev–Trinajstić information content (AvgIpc) is 3.15. The molecule has 0 aromatic rings. The van der Waals surface area contributed by atoms with Gasteiger partial charge in [-0.25, -0.2) is 4.39 Å². The van der Waals surface area contributed by atoms with Crippen LogP contribution in [0.1, 0.15) is 52.4 Å². The highest BCUT2D eigenvalue weighted by Crippen LogP contribution is 2.50. The minimum absolute atomic E-state index is 0.0508. The Balaban J connectivity index is 1.49. The van der Waals surface area contributed by atoms with Crippen molar-refractivity contribution in [2.45, 2.75) is 76.4 Å². The van der Waals surface area contributed by atoms with Crippen LogP contribution in [-0.2, 0) is 14.3 Å². The first-order valence-electron chi connectivity index (χ1n) is 9.87. The molecule has 0 radical (unpaired) electrons. The van der Waals surface area contributed by atoms with Crippen molar-refractivity contribution in [1.29, 1.82) is 0 Å². The van der Waals surface area contributed by atoms with Crippen molar-refractivity contribution in [3.63, 3.8) is 0 Å². The topological polar surface area (TPSA) is 42.1 Å². The predicted molar refractivity (Wildman–Crippen MR) is 92.9 cm³/mol. The molecule has 25 heavy (non-hydrogen) atoms. The van der Waals surface area contributed by atoms with E-state index < -0.39 is 6.17 Å². The molecule has 3 fully saturated rings. The number of nitrogens with zero attached hydrogens (tertiary/aromatic N) is 1. The summed E-state index contributed by atoms with van der Waals surface area (Å²) in [6, 6.07) is 0. The first-order chi connectivity index (χ1) is 12.0. The summed E-state index contributed by atoms with van der Waals surface area (Å²) in [5.41, 5.74) is 1.26. The van der Waals surface area contributed by atoms with Gasteiger partial charge in [0.1, 0.15) is 18.4 Å². The Labute approximate surface area is 149 Å². The van der Waals surface area contributed by atoms with E-state index in [-0.39, 0.29) is 35.6 Å². The van der Waals surface area contributed by atoms with Crippen molar-refractivity contribution >= 4 is 5.97 Å². The zero-order valence-electron chi connectivity index (χ0n) is 15.4. The van der Waals surface area contributed by atoms with E-state index in [1.165, 1.54) is 5.57 Å². The van der Waals surface area contributed by atoms with Crippen molar-refractivity contribution in [2.75, 3.05) is 19.6 Å². The van der Waals surface area contributed by atoms with Crippen LogP contribution >= 0.6 is 0 Å². The monoisotopic (exact) mass is 351 g/mol. The van der Waals surface area contributed by atoms with E-state index in [0.717, 1.165) is 38.8 Å². The Kier molecular flexibility index (Phi) is 4.65. The molecule has 0 aromatic heterocycles. The third-order valence-corrected chi connectivity index (χ3v) is 6.71. The third-order valence-electron chi connectivity index (χ3n) is 6.71. The molecule has 4 nitrogen and oxygen atoms in total. The van der Waals surface area contributed by atoms with Crippen molar-refractivity contribution in [3.05, 3.63) is 11.6 Å². The van der Waals surface area contributed by atoms with Gasteiger partial charge in [-0.3, -0.25) is 4.79 Å². The van der Waals surface area contributed by atoms with Gasteiger partial charge in [0.15, 0.2) is 0 Å². The Hall–Kier alpha value is -0.940. The van der Waals surface area contributed by atoms with E-state index in [1.807, 2.05) is 0 Å². The smallest absolute Gasteiger partial charge is 0.311 e. The van der Waals surface area contributed by atoms with Crippen LogP contribution in [0.15, 0.2) is 11.6 Å². The fourth-order valence-corrected chi connectivity index (χ4v) is 4.91. The lowest BCUT2D eigenvalue weighted by atomic mass is 9.80. The standard InChI is InChI=1S/C20H30FNO3/c1-13-4-3-9-20(2)18(25-20)17-15(6-5-13)16(19(23)24-17)12-22-10-7-14(21)8-11-22/h4,14-18H,3,5-12H2,1-2H3/t15-,16-,17-,18+,20+/m0/s1. The van der Waals surface area contributed by atoms with E-state index in [9.17, 15) is 9.18 Å². The predicted octanol–water partition coefficient (Wildman–Crippen LogP) is 3.26. The number of piperidine rings is 1. The molecular weight excluding hydrogens is 321 g/mol. The molecule has 0 spiro atoms. The number of alkyl halides is 1. The molecule has 4 rings (SSSR count). The zero-order chi connectivity index (χ0) is 17.6. The number of carbonyl (C=O) groups excluding carboxylic acids is 1. The van der Waals surface area contributed by atoms with Crippen molar-refractivity contribution in [2.24, 2.45) is 11.8 Å². The number of halogens is 1. The highest BCUT2D eigenvalue weighted by Gasteiger charge is 2.62. The third kappa shape index (κ3) is 3.50. The lowest BCUT2D eigenvalue weighted by Crippen LogP contribution is -2.41. The van der Waals surface area contributed by atoms with Crippen LogP contribution in [0.4, 0.5) is 4.39 Å². The second-order valence-corrected chi connectivity index (χ2v) is 8.63. The highest BCUT2D eigenvalue weighted by molar-refractivity contribution is 5.75. The zero-order valence-corrected chi connectivity index (χ0v) is 15.4. The fourth-order valence-electron chi connectivity index (χ4n) is 4.91. The number of hydrogen-bond donors (Lipinski definition) is 0. The number of allylic oxidation sites excluding steroid dienone is 2. The largest absolute Gasteiger partial charge is 0.459 e. The molecular formula is C20H30FNO3. The minimum Gasteiger partial charge on any atom is -0.459 e. The van der Waals surface area contributed by atoms with Gasteiger partial charge in [-0.05, 0) is 52.4 Å². The molecule has 0 aromatic carbocycles. The van der Waals surface area contributed by atoms with E-state index >= 15 is 0 Å². The van der Waals surface area contributed by atoms with E-state index in [1.54, 1.807) is 0 Å². The van der Waals surface area contributed by atoms with Crippen LogP contribution in [0.5, 0.6) is 0 Å². The molecule has 3 saturated heterocycles. The number of epoxide rings is 1. The summed E-state index contributed by atoms with van der Waals surface area (Å²) in [5, 5.41) is 0. The van der Waals surface area contributed by atoms with Crippen LogP contribution < -0.4 is 0 Å². The number of esters is 1. The average molecular weight is 351 g/mol. The van der Waals surface area contributed by atoms with Gasteiger partial charge >= 0.3 is 5.97 Å². The molecule has 1 aliphatic carbocycles. The lowest BCUT2D eigenvalue weighted by molar-refractivity contribution is -0.145. The Morgan fingerprint density at radius 3 is 2.84 bits per heavy atom. The molecule has 0 amide bonds. The second-order valence-electron chi connectivity index (χ2n) is 8.63. The van der Waals surface area contributed by atoms with Crippen LogP contribution in [0.25, 0.3) is 0 Å². The Bertz CT molecular complexity index is 557. The van der Waals surface area contributed by atoms with E-state index in [4.69, 9.17) is 9.47 Å². The lowest BCUT2D eigenvalue weighted by Gasteiger charge is -2.31. The second kappa shape index (κ2) is 6.66. The molecule has 0 unspecified atom stereocenters. The van der Waals surface area contributed by atoms with Gasteiger partial charge in [-0.1, -0.05) is 11.6 Å². The summed E-state index contributed by atoms with van der Waals surface area (Å²) < 4.78 is 25.3. The van der Waals surface area contributed by atoms with Gasteiger partial charge in [0.05, 0.1) is 11.5 Å². The molecule has 0 saturated carbocycles. The maximum atomic E-state index is 13.4. The van der Waals surface area contributed by atoms with Gasteiger partial charge in [0.25, 0.3) is 0 Å². The summed E-state index contributed by atoms with van der Waals surface area (Å²) in [5.74, 6) is 0.0433. The first kappa shape index (κ1) is 17.5.